The van der Waals surface area contributed by atoms with Crippen LogP contribution in [0.3, 0.4) is 0 Å². The smallest absolute Gasteiger partial charge is 0.101 e. The second kappa shape index (κ2) is 6.02. The van der Waals surface area contributed by atoms with Crippen molar-refractivity contribution >= 4 is 17.3 Å². The van der Waals surface area contributed by atoms with Gasteiger partial charge in [-0.25, -0.2) is 0 Å². The van der Waals surface area contributed by atoms with E-state index in [4.69, 9.17) is 5.73 Å². The van der Waals surface area contributed by atoms with Gasteiger partial charge in [0.2, 0.25) is 0 Å². The highest BCUT2D eigenvalue weighted by atomic mass is 16.4. The van der Waals surface area contributed by atoms with Gasteiger partial charge in [0.05, 0.1) is 17.2 Å². The van der Waals surface area contributed by atoms with E-state index in [2.05, 4.69) is 11.0 Å². The molecule has 1 aromatic rings. The van der Waals surface area contributed by atoms with Crippen LogP contribution in [0, 0.1) is 11.3 Å². The third-order valence-corrected chi connectivity index (χ3v) is 3.89. The van der Waals surface area contributed by atoms with Gasteiger partial charge in [-0.3, -0.25) is 4.90 Å². The third-order valence-electron chi connectivity index (χ3n) is 3.89. The Morgan fingerprint density at radius 1 is 1.43 bits per heavy atom. The SMILES string of the molecule is CC1CN(c2ccc(N)cc2C#N)CC(C)N1CC(=O)[O-]. The van der Waals surface area contributed by atoms with Crippen LogP contribution in [0.25, 0.3) is 0 Å². The number of hydrogen-bond acceptors (Lipinski definition) is 6. The van der Waals surface area contributed by atoms with E-state index in [9.17, 15) is 15.2 Å². The lowest BCUT2D eigenvalue weighted by atomic mass is 10.0. The fraction of sp³-hybridized carbons (Fsp3) is 0.467. The molecule has 1 aromatic carbocycles. The lowest BCUT2D eigenvalue weighted by Gasteiger charge is -2.45. The van der Waals surface area contributed by atoms with Gasteiger partial charge < -0.3 is 20.5 Å². The van der Waals surface area contributed by atoms with Crippen LogP contribution < -0.4 is 15.7 Å². The summed E-state index contributed by atoms with van der Waals surface area (Å²) in [4.78, 5) is 14.8. The average molecular weight is 287 g/mol. The van der Waals surface area contributed by atoms with Crippen molar-refractivity contribution in [2.45, 2.75) is 25.9 Å². The molecule has 21 heavy (non-hydrogen) atoms. The van der Waals surface area contributed by atoms with Crippen LogP contribution >= 0.6 is 0 Å². The zero-order chi connectivity index (χ0) is 15.6. The predicted molar refractivity (Wildman–Crippen MR) is 78.4 cm³/mol. The summed E-state index contributed by atoms with van der Waals surface area (Å²) in [5.41, 5.74) is 7.67. The maximum atomic E-state index is 10.8. The van der Waals surface area contributed by atoms with Crippen molar-refractivity contribution in [3.8, 4) is 6.07 Å². The molecule has 2 rings (SSSR count). The minimum atomic E-state index is -1.06. The molecule has 112 valence electrons. The normalized spacial score (nSPS) is 22.8. The van der Waals surface area contributed by atoms with E-state index in [1.165, 1.54) is 0 Å². The summed E-state index contributed by atoms with van der Waals surface area (Å²) in [5.74, 6) is -1.06. The lowest BCUT2D eigenvalue weighted by molar-refractivity contribution is -0.307. The summed E-state index contributed by atoms with van der Waals surface area (Å²) in [6.45, 7) is 5.22. The molecule has 1 aliphatic rings. The number of rotatable bonds is 3. The van der Waals surface area contributed by atoms with E-state index in [1.807, 2.05) is 24.8 Å². The number of carbonyl (C=O) groups is 1. The van der Waals surface area contributed by atoms with E-state index in [1.54, 1.807) is 12.1 Å². The zero-order valence-corrected chi connectivity index (χ0v) is 12.2. The van der Waals surface area contributed by atoms with Crippen LogP contribution in [0.1, 0.15) is 19.4 Å². The van der Waals surface area contributed by atoms with Crippen LogP contribution in [0.4, 0.5) is 11.4 Å². The van der Waals surface area contributed by atoms with Gasteiger partial charge in [0.1, 0.15) is 6.07 Å². The van der Waals surface area contributed by atoms with Gasteiger partial charge in [-0.05, 0) is 32.0 Å². The van der Waals surface area contributed by atoms with Crippen molar-refractivity contribution in [2.75, 3.05) is 30.3 Å². The molecule has 6 heteroatoms. The molecule has 2 N–H and O–H groups in total. The monoisotopic (exact) mass is 287 g/mol. The van der Waals surface area contributed by atoms with E-state index >= 15 is 0 Å². The molecule has 2 atom stereocenters. The largest absolute Gasteiger partial charge is 0.549 e. The number of nitrogens with two attached hydrogens (primary N) is 1. The number of carboxylic acid groups (broad SMARTS) is 1. The topological polar surface area (TPSA) is 96.4 Å². The first-order valence-corrected chi connectivity index (χ1v) is 6.92. The van der Waals surface area contributed by atoms with E-state index in [-0.39, 0.29) is 18.6 Å². The summed E-state index contributed by atoms with van der Waals surface area (Å²) >= 11 is 0. The van der Waals surface area contributed by atoms with Crippen molar-refractivity contribution in [1.29, 1.82) is 5.26 Å². The Balaban J connectivity index is 2.22. The minimum absolute atomic E-state index is 0.0655. The first kappa shape index (κ1) is 15.1. The molecular formula is C15H19N4O2-. The highest BCUT2D eigenvalue weighted by molar-refractivity contribution is 5.67. The second-order valence-electron chi connectivity index (χ2n) is 5.54. The molecule has 0 bridgehead atoms. The Kier molecular flexibility index (Phi) is 4.34. The Labute approximate surface area is 124 Å². The summed E-state index contributed by atoms with van der Waals surface area (Å²) < 4.78 is 0. The van der Waals surface area contributed by atoms with Gasteiger partial charge in [0.25, 0.3) is 0 Å². The molecule has 1 heterocycles. The van der Waals surface area contributed by atoms with Crippen molar-refractivity contribution in [3.05, 3.63) is 23.8 Å². The maximum absolute atomic E-state index is 10.8. The molecule has 0 aromatic heterocycles. The van der Waals surface area contributed by atoms with Gasteiger partial charge in [0, 0.05) is 37.4 Å². The van der Waals surface area contributed by atoms with Crippen LogP contribution in [0.15, 0.2) is 18.2 Å². The van der Waals surface area contributed by atoms with Crippen LogP contribution in [-0.2, 0) is 4.79 Å². The molecule has 0 saturated carbocycles. The molecule has 0 amide bonds. The van der Waals surface area contributed by atoms with Gasteiger partial charge in [-0.1, -0.05) is 0 Å². The number of anilines is 2. The summed E-state index contributed by atoms with van der Waals surface area (Å²) in [5, 5.41) is 20.1. The highest BCUT2D eigenvalue weighted by Gasteiger charge is 2.30. The molecule has 0 radical (unpaired) electrons. The number of benzene rings is 1. The van der Waals surface area contributed by atoms with Crippen LogP contribution in [0.5, 0.6) is 0 Å². The molecule has 0 spiro atoms. The number of carbonyl (C=O) groups excluding carboxylic acids is 1. The quantitative estimate of drug-likeness (QED) is 0.773. The fourth-order valence-corrected chi connectivity index (χ4v) is 2.93. The predicted octanol–water partition coefficient (Wildman–Crippen LogP) is -0.211. The standard InChI is InChI=1S/C15H20N4O2/c1-10-7-18(8-11(2)19(10)9-15(20)21)14-4-3-13(17)5-12(14)6-16/h3-5,10-11H,7-9,17H2,1-2H3,(H,20,21)/p-1. The maximum Gasteiger partial charge on any atom is 0.101 e. The summed E-state index contributed by atoms with van der Waals surface area (Å²) in [6, 6.07) is 7.59. The molecule has 2 unspecified atom stereocenters. The molecule has 0 aliphatic carbocycles. The van der Waals surface area contributed by atoms with Crippen LogP contribution in [-0.4, -0.2) is 42.6 Å². The molecule has 1 aliphatic heterocycles. The van der Waals surface area contributed by atoms with E-state index in [0.717, 1.165) is 5.69 Å². The Bertz CT molecular complexity index is 570. The van der Waals surface area contributed by atoms with Gasteiger partial charge in [0.15, 0.2) is 0 Å². The minimum Gasteiger partial charge on any atom is -0.549 e. The number of nitrogen functional groups attached to an aromatic ring is 1. The Morgan fingerprint density at radius 3 is 2.57 bits per heavy atom. The van der Waals surface area contributed by atoms with Crippen LogP contribution in [0.2, 0.25) is 0 Å². The number of carboxylic acids is 1. The van der Waals surface area contributed by atoms with Gasteiger partial charge >= 0.3 is 0 Å². The molecular weight excluding hydrogens is 268 g/mol. The lowest BCUT2D eigenvalue weighted by Crippen LogP contribution is -2.59. The number of nitriles is 1. The third kappa shape index (κ3) is 3.26. The van der Waals surface area contributed by atoms with E-state index < -0.39 is 5.97 Å². The number of nitrogens with zero attached hydrogens (tertiary/aromatic N) is 3. The van der Waals surface area contributed by atoms with Crippen molar-refractivity contribution in [2.24, 2.45) is 0 Å². The van der Waals surface area contributed by atoms with Gasteiger partial charge in [-0.15, -0.1) is 0 Å². The number of hydrogen-bond donors (Lipinski definition) is 1. The molecule has 1 saturated heterocycles. The van der Waals surface area contributed by atoms with Crippen molar-refractivity contribution in [1.82, 2.24) is 4.90 Å². The first-order valence-electron chi connectivity index (χ1n) is 6.92. The molecule has 1 fully saturated rings. The van der Waals surface area contributed by atoms with Crippen molar-refractivity contribution in [3.63, 3.8) is 0 Å². The number of piperazine rings is 1. The second-order valence-corrected chi connectivity index (χ2v) is 5.54. The number of aliphatic carboxylic acids is 1. The Morgan fingerprint density at radius 2 is 2.05 bits per heavy atom. The van der Waals surface area contributed by atoms with E-state index in [0.29, 0.717) is 24.3 Å². The fourth-order valence-electron chi connectivity index (χ4n) is 2.93. The molecule has 6 nitrogen and oxygen atoms in total. The highest BCUT2D eigenvalue weighted by Crippen LogP contribution is 2.26. The van der Waals surface area contributed by atoms with Gasteiger partial charge in [-0.2, -0.15) is 5.26 Å². The summed E-state index contributed by atoms with van der Waals surface area (Å²) in [7, 11) is 0. The average Bonchev–Trinajstić information content (AvgIpc) is 2.42. The zero-order valence-electron chi connectivity index (χ0n) is 12.2. The first-order chi connectivity index (χ1) is 9.92. The summed E-state index contributed by atoms with van der Waals surface area (Å²) in [6.07, 6.45) is 0. The van der Waals surface area contributed by atoms with Crippen molar-refractivity contribution < 1.29 is 9.90 Å². The Hall–Kier alpha value is -2.26.